The van der Waals surface area contributed by atoms with Crippen molar-refractivity contribution >= 4 is 22.5 Å². The monoisotopic (exact) mass is 285 g/mol. The van der Waals surface area contributed by atoms with Crippen molar-refractivity contribution in [3.05, 3.63) is 49.1 Å². The first-order valence-corrected chi connectivity index (χ1v) is 7.40. The van der Waals surface area contributed by atoms with E-state index in [9.17, 15) is 0 Å². The Hall–Kier alpha value is -1.68. The quantitative estimate of drug-likeness (QED) is 0.464. The zero-order chi connectivity index (χ0) is 14.4. The average molecular weight is 285 g/mol. The van der Waals surface area contributed by atoms with Crippen LogP contribution in [0.25, 0.3) is 0 Å². The summed E-state index contributed by atoms with van der Waals surface area (Å²) in [5.74, 6) is 0. The van der Waals surface area contributed by atoms with Crippen LogP contribution in [-0.2, 0) is 0 Å². The zero-order valence-corrected chi connectivity index (χ0v) is 12.9. The Bertz CT molecular complexity index is 559. The Morgan fingerprint density at radius 3 is 2.35 bits per heavy atom. The number of nitrogens with zero attached hydrogens (tertiary/aromatic N) is 3. The van der Waals surface area contributed by atoms with Crippen LogP contribution in [-0.4, -0.2) is 15.0 Å². The largest absolute Gasteiger partial charge is 0.243 e. The molecule has 1 heterocycles. The minimum Gasteiger partial charge on any atom is -0.243 e. The average Bonchev–Trinajstić information content (AvgIpc) is 2.39. The Balaban J connectivity index is 2.23. The number of aliphatic imine (C=N–C) groups is 1. The van der Waals surface area contributed by atoms with Gasteiger partial charge in [-0.05, 0) is 17.5 Å². The molecule has 2 rings (SSSR count). The van der Waals surface area contributed by atoms with Gasteiger partial charge in [-0.2, -0.15) is 0 Å². The summed E-state index contributed by atoms with van der Waals surface area (Å²) >= 11 is 1.70. The van der Waals surface area contributed by atoms with Gasteiger partial charge in [0.25, 0.3) is 0 Å². The van der Waals surface area contributed by atoms with E-state index in [0.29, 0.717) is 0 Å². The molecule has 0 fully saturated rings. The minimum absolute atomic E-state index is 0.191. The molecule has 0 aliphatic rings. The van der Waals surface area contributed by atoms with Gasteiger partial charge in [0.05, 0.1) is 17.4 Å². The summed E-state index contributed by atoms with van der Waals surface area (Å²) in [4.78, 5) is 13.9. The second-order valence-corrected chi connectivity index (χ2v) is 6.90. The van der Waals surface area contributed by atoms with Gasteiger partial charge in [0, 0.05) is 11.3 Å². The van der Waals surface area contributed by atoms with E-state index in [1.807, 2.05) is 18.2 Å². The highest BCUT2D eigenvalue weighted by Crippen LogP contribution is 2.30. The summed E-state index contributed by atoms with van der Waals surface area (Å²) in [6, 6.07) is 10.3. The normalized spacial score (nSPS) is 12.4. The third-order valence-electron chi connectivity index (χ3n) is 2.46. The highest BCUT2D eigenvalue weighted by Gasteiger charge is 2.15. The molecule has 20 heavy (non-hydrogen) atoms. The van der Waals surface area contributed by atoms with Gasteiger partial charge in [-0.25, -0.2) is 15.0 Å². The lowest BCUT2D eigenvalue weighted by Crippen LogP contribution is -2.10. The molecule has 0 saturated heterocycles. The zero-order valence-electron chi connectivity index (χ0n) is 12.1. The molecule has 0 saturated carbocycles. The van der Waals surface area contributed by atoms with Crippen molar-refractivity contribution in [1.82, 2.24) is 9.97 Å². The molecule has 0 amide bonds. The smallest absolute Gasteiger partial charge is 0.115 e. The summed E-state index contributed by atoms with van der Waals surface area (Å²) in [7, 11) is 0. The van der Waals surface area contributed by atoms with Gasteiger partial charge in [-0.3, -0.25) is 0 Å². The van der Waals surface area contributed by atoms with E-state index in [0.717, 1.165) is 17.2 Å². The van der Waals surface area contributed by atoms with Gasteiger partial charge in [-0.15, -0.1) is 0 Å². The van der Waals surface area contributed by atoms with Crippen molar-refractivity contribution in [1.29, 1.82) is 0 Å². The van der Waals surface area contributed by atoms with E-state index in [1.165, 1.54) is 11.2 Å². The van der Waals surface area contributed by atoms with E-state index < -0.39 is 0 Å². The molecule has 0 radical (unpaired) electrons. The van der Waals surface area contributed by atoms with Crippen LogP contribution in [0.15, 0.2) is 58.9 Å². The summed E-state index contributed by atoms with van der Waals surface area (Å²) in [6.07, 6.45) is 5.91. The van der Waals surface area contributed by atoms with Crippen LogP contribution in [0.5, 0.6) is 0 Å². The van der Waals surface area contributed by atoms with E-state index in [-0.39, 0.29) is 5.41 Å². The molecule has 104 valence electrons. The first-order valence-electron chi connectivity index (χ1n) is 6.58. The van der Waals surface area contributed by atoms with Crippen molar-refractivity contribution in [2.45, 2.75) is 32.1 Å². The third-order valence-corrected chi connectivity index (χ3v) is 3.44. The second kappa shape index (κ2) is 6.66. The molecule has 0 unspecified atom stereocenters. The summed E-state index contributed by atoms with van der Waals surface area (Å²) in [5, 5.41) is 1.08. The van der Waals surface area contributed by atoms with Gasteiger partial charge in [0.1, 0.15) is 12.0 Å². The maximum absolute atomic E-state index is 4.69. The van der Waals surface area contributed by atoms with Crippen LogP contribution in [0.4, 0.5) is 5.69 Å². The number of thioether (sulfide) groups is 1. The first-order chi connectivity index (χ1) is 9.53. The fourth-order valence-corrected chi connectivity index (χ4v) is 2.89. The van der Waals surface area contributed by atoms with Crippen molar-refractivity contribution < 1.29 is 0 Å². The molecule has 0 atom stereocenters. The molecule has 0 aliphatic carbocycles. The van der Waals surface area contributed by atoms with Crippen LogP contribution in [0.2, 0.25) is 0 Å². The molecule has 0 bridgehead atoms. The number of hydrogen-bond donors (Lipinski definition) is 0. The molecule has 0 N–H and O–H groups in total. The number of benzene rings is 1. The van der Waals surface area contributed by atoms with Crippen molar-refractivity contribution in [3.8, 4) is 0 Å². The summed E-state index contributed by atoms with van der Waals surface area (Å²) < 4.78 is 0. The summed E-state index contributed by atoms with van der Waals surface area (Å²) in [5.41, 5.74) is 0.992. The Morgan fingerprint density at radius 2 is 1.75 bits per heavy atom. The van der Waals surface area contributed by atoms with Crippen LogP contribution in [0.1, 0.15) is 27.2 Å². The number of hydrogen-bond acceptors (Lipinski definition) is 4. The highest BCUT2D eigenvalue weighted by molar-refractivity contribution is 8.14. The fraction of sp³-hybridized carbons (Fsp3) is 0.312. The standard InChI is InChI=1S/C16H19N3S/c1-16(2,3)9-15(19-13-10-17-12-18-11-13)20-14-7-5-4-6-8-14/h4-8,10-12H,9H2,1-3H3. The first kappa shape index (κ1) is 14.7. The SMILES string of the molecule is CC(C)(C)CC(=Nc1cncnc1)Sc1ccccc1. The molecular formula is C16H19N3S. The Labute approximate surface area is 124 Å². The maximum Gasteiger partial charge on any atom is 0.115 e. The van der Waals surface area contributed by atoms with Crippen LogP contribution in [0.3, 0.4) is 0 Å². The molecule has 4 heteroatoms. The van der Waals surface area contributed by atoms with Crippen LogP contribution < -0.4 is 0 Å². The molecule has 2 aromatic rings. The second-order valence-electron chi connectivity index (χ2n) is 5.75. The fourth-order valence-electron chi connectivity index (χ4n) is 1.67. The predicted octanol–water partition coefficient (Wildman–Crippen LogP) is 4.74. The van der Waals surface area contributed by atoms with Gasteiger partial charge < -0.3 is 0 Å². The lowest BCUT2D eigenvalue weighted by atomic mass is 9.93. The maximum atomic E-state index is 4.69. The molecular weight excluding hydrogens is 266 g/mol. The highest BCUT2D eigenvalue weighted by atomic mass is 32.2. The van der Waals surface area contributed by atoms with Crippen molar-refractivity contribution in [3.63, 3.8) is 0 Å². The molecule has 1 aromatic carbocycles. The Morgan fingerprint density at radius 1 is 1.10 bits per heavy atom. The van der Waals surface area contributed by atoms with Crippen molar-refractivity contribution in [2.24, 2.45) is 10.4 Å². The van der Waals surface area contributed by atoms with Gasteiger partial charge in [0.2, 0.25) is 0 Å². The van der Waals surface area contributed by atoms with Gasteiger partial charge >= 0.3 is 0 Å². The van der Waals surface area contributed by atoms with E-state index in [4.69, 9.17) is 4.99 Å². The number of rotatable bonds is 3. The van der Waals surface area contributed by atoms with Gasteiger partial charge in [-0.1, -0.05) is 50.7 Å². The molecule has 3 nitrogen and oxygen atoms in total. The minimum atomic E-state index is 0.191. The summed E-state index contributed by atoms with van der Waals surface area (Å²) in [6.45, 7) is 6.65. The molecule has 0 spiro atoms. The third kappa shape index (κ3) is 5.13. The van der Waals surface area contributed by atoms with Crippen LogP contribution in [0, 0.1) is 5.41 Å². The van der Waals surface area contributed by atoms with E-state index >= 15 is 0 Å². The topological polar surface area (TPSA) is 38.1 Å². The van der Waals surface area contributed by atoms with Crippen LogP contribution >= 0.6 is 11.8 Å². The lowest BCUT2D eigenvalue weighted by molar-refractivity contribution is 0.436. The lowest BCUT2D eigenvalue weighted by Gasteiger charge is -2.19. The number of aromatic nitrogens is 2. The van der Waals surface area contributed by atoms with E-state index in [2.05, 4.69) is 42.9 Å². The molecule has 0 aliphatic heterocycles. The van der Waals surface area contributed by atoms with E-state index in [1.54, 1.807) is 24.2 Å². The Kier molecular flexibility index (Phi) is 4.90. The van der Waals surface area contributed by atoms with Crippen molar-refractivity contribution in [2.75, 3.05) is 0 Å². The van der Waals surface area contributed by atoms with Gasteiger partial charge in [0.15, 0.2) is 0 Å². The predicted molar refractivity (Wildman–Crippen MR) is 85.5 cm³/mol. The molecule has 1 aromatic heterocycles.